The molecule has 3 aliphatic rings. The van der Waals surface area contributed by atoms with Crippen LogP contribution in [-0.4, -0.2) is 186 Å². The minimum atomic E-state index is -1.25. The summed E-state index contributed by atoms with van der Waals surface area (Å²) >= 11 is 8.62. The topological polar surface area (TPSA) is 391 Å². The predicted molar refractivity (Wildman–Crippen MR) is 465 cm³/mol. The number of hydrogen-bond donors (Lipinski definition) is 4. The Bertz CT molecular complexity index is 5620. The van der Waals surface area contributed by atoms with E-state index >= 15 is 0 Å². The second-order valence-electron chi connectivity index (χ2n) is 29.6. The monoisotopic (exact) mass is 1820 g/mol. The molecule has 1 fully saturated rings. The van der Waals surface area contributed by atoms with Crippen molar-refractivity contribution >= 4 is 178 Å². The molecule has 4 heterocycles. The summed E-state index contributed by atoms with van der Waals surface area (Å²) in [7, 11) is 4.07. The van der Waals surface area contributed by atoms with E-state index in [1.807, 2.05) is 45.0 Å². The van der Waals surface area contributed by atoms with E-state index in [0.717, 1.165) is 23.1 Å². The molecule has 12 rings (SSSR count). The van der Waals surface area contributed by atoms with Crippen molar-refractivity contribution in [1.29, 1.82) is 0 Å². The van der Waals surface area contributed by atoms with Crippen molar-refractivity contribution in [3.8, 4) is 0 Å². The van der Waals surface area contributed by atoms with Crippen LogP contribution in [0.2, 0.25) is 5.02 Å². The second-order valence-corrected chi connectivity index (χ2v) is 32.0. The van der Waals surface area contributed by atoms with Crippen LogP contribution in [-0.2, 0) is 107 Å². The van der Waals surface area contributed by atoms with E-state index in [1.165, 1.54) is 100 Å². The number of fused-ring (bicyclic) bond motifs is 5. The van der Waals surface area contributed by atoms with Crippen LogP contribution in [0.4, 0.5) is 8.78 Å². The SMILES string of the molecule is CC(=O)c1cn(CC(=O)O)c2cc(C(=O)CS(C)=O)ccc12.CC(C)(C)OC(=O)CBr.COC(=O)c1ccc2c(C(C)=O)cn(CC(=O)O)c2c1.COC(=O)c1ccc2c(C(C)=O)cn(CC(=O)OC(C)(C)C)c2c1.COC(=O)c1ccc2c(c1)CC=C2.COC(=O)c1ccc2c(c1)CC=C2C(C)=O.Cl.O=C(NCc1cccc(Cl)c1F)[C@@H]1C[C@@H](F)CN1. The fourth-order valence-electron chi connectivity index (χ4n) is 12.5. The number of aliphatic carboxylic acids is 2. The number of amides is 1. The molecule has 0 radical (unpaired) electrons. The number of esters is 6. The van der Waals surface area contributed by atoms with Crippen LogP contribution < -0.4 is 10.6 Å². The lowest BCUT2D eigenvalue weighted by molar-refractivity contribution is -0.155. The number of ketones is 5. The maximum Gasteiger partial charge on any atom is 0.337 e. The minimum absolute atomic E-state index is 0. The molecule has 1 saturated heterocycles. The standard InChI is InChI=1S/C18H21NO5.C15H15NO5S.C14H13NO5.C13H12O3.C12H13ClF2N2O.C11H10O2.C6H11BrO2.ClH/c1-11(20)14-9-19(10-16(21)24-18(2,3)4)15-8-12(17(22)23-5)6-7-13(14)15;1-9(17)12-6-16(7-15(19)20)13-5-10(3-4-11(12)13)14(18)8-22(2)21;1-8(16)11-6-15(7-13(17)18)12-5-9(14(19)20-2)3-4-10(11)12;1-8(14)11-5-3-9-7-10(13(15)16-2)4-6-12(9)11;13-9-3-1-2-7(11(9)15)5-17-12(18)10-4-8(14)6-16-10;1-13-11(12)10-6-5-8-3-2-4-9(8)7-10;1-6(2,3)9-5(8)4-7;/h6-9H,10H2,1-5H3;3-6H,7-8H2,1-2H3,(H,19,20);3-6H,7H2,1-2H3,(H,17,18);4-7H,3H2,1-2H3;1-3,8,10,16H,4-6H2,(H,17,18);2-3,5-7H,4H2,1H3;4H2,1-3H3;1H/t;;;;8-,10+;;;/m....1.../s1. The lowest BCUT2D eigenvalue weighted by Crippen LogP contribution is -2.40. The molecule has 9 aromatic rings. The number of alkyl halides is 2. The zero-order valence-corrected chi connectivity index (χ0v) is 74.2. The average Bonchev–Trinajstić information content (AvgIpc) is 1.65. The first kappa shape index (κ1) is 102. The Morgan fingerprint density at radius 3 is 1.40 bits per heavy atom. The van der Waals surface area contributed by atoms with Gasteiger partial charge in [-0.1, -0.05) is 94.3 Å². The number of allylic oxidation sites excluding steroid dienone is 3. The molecular weight excluding hydrogens is 1730 g/mol. The fourth-order valence-corrected chi connectivity index (χ4v) is 13.4. The van der Waals surface area contributed by atoms with Crippen LogP contribution in [0.25, 0.3) is 44.4 Å². The third-order valence-corrected chi connectivity index (χ3v) is 19.4. The highest BCUT2D eigenvalue weighted by Crippen LogP contribution is 2.31. The Labute approximate surface area is 729 Å². The highest BCUT2D eigenvalue weighted by atomic mass is 79.9. The number of hydrogen-bond acceptors (Lipinski definition) is 22. The number of carboxylic acids is 2. The van der Waals surface area contributed by atoms with E-state index in [4.69, 9.17) is 36.0 Å². The molecule has 2 aliphatic carbocycles. The average molecular weight is 1820 g/mol. The Balaban J connectivity index is 0.000000259. The van der Waals surface area contributed by atoms with Gasteiger partial charge in [-0.2, -0.15) is 0 Å². The lowest BCUT2D eigenvalue weighted by Gasteiger charge is -2.19. The van der Waals surface area contributed by atoms with Gasteiger partial charge in [0.1, 0.15) is 48.2 Å². The fraction of sp³-hybridized carbons (Fsp3) is 0.326. The number of Topliss-reactive ketones (excluding diaryl/α,β-unsaturated/α-hetero) is 5. The molecular formula is C89H96BrCl2F2N5O23S. The van der Waals surface area contributed by atoms with E-state index in [2.05, 4.69) is 52.9 Å². The molecule has 0 spiro atoms. The van der Waals surface area contributed by atoms with Gasteiger partial charge in [0, 0.05) is 105 Å². The summed E-state index contributed by atoms with van der Waals surface area (Å²) in [5.41, 5.74) is 9.55. The van der Waals surface area contributed by atoms with Crippen LogP contribution in [0, 0.1) is 5.82 Å². The summed E-state index contributed by atoms with van der Waals surface area (Å²) in [5, 5.41) is 25.4. The van der Waals surface area contributed by atoms with Gasteiger partial charge >= 0.3 is 47.8 Å². The number of carbonyl (C=O) groups excluding carboxylic acids is 12. The first-order chi connectivity index (χ1) is 57.3. The van der Waals surface area contributed by atoms with Gasteiger partial charge in [0.25, 0.3) is 0 Å². The number of rotatable bonds is 21. The zero-order chi connectivity index (χ0) is 90.9. The summed E-state index contributed by atoms with van der Waals surface area (Å²) in [4.78, 5) is 160. The second kappa shape index (κ2) is 46.3. The first-order valence-corrected chi connectivity index (χ1v) is 40.8. The Morgan fingerprint density at radius 2 is 0.992 bits per heavy atom. The molecule has 656 valence electrons. The lowest BCUT2D eigenvalue weighted by atomic mass is 10.0. The molecule has 0 saturated carbocycles. The van der Waals surface area contributed by atoms with E-state index in [1.54, 1.807) is 117 Å². The normalized spacial score (nSPS) is 13.3. The highest BCUT2D eigenvalue weighted by molar-refractivity contribution is 9.09. The van der Waals surface area contributed by atoms with Crippen LogP contribution in [0.1, 0.15) is 186 Å². The van der Waals surface area contributed by atoms with Crippen molar-refractivity contribution in [2.45, 2.75) is 138 Å². The van der Waals surface area contributed by atoms with Crippen molar-refractivity contribution in [2.24, 2.45) is 0 Å². The Morgan fingerprint density at radius 1 is 0.569 bits per heavy atom. The van der Waals surface area contributed by atoms with Crippen LogP contribution in [0.5, 0.6) is 0 Å². The number of carbonyl (C=O) groups is 14. The van der Waals surface area contributed by atoms with Crippen molar-refractivity contribution in [2.75, 3.05) is 52.3 Å². The van der Waals surface area contributed by atoms with E-state index in [-0.39, 0.29) is 126 Å². The van der Waals surface area contributed by atoms with Gasteiger partial charge in [0.2, 0.25) is 5.91 Å². The number of halogens is 5. The first-order valence-electron chi connectivity index (χ1n) is 37.6. The summed E-state index contributed by atoms with van der Waals surface area (Å²) in [6.45, 7) is 16.3. The number of aromatic nitrogens is 3. The van der Waals surface area contributed by atoms with Crippen molar-refractivity contribution in [1.82, 2.24) is 24.3 Å². The van der Waals surface area contributed by atoms with Crippen molar-refractivity contribution in [3.05, 3.63) is 223 Å². The Kier molecular flexibility index (Phi) is 38.3. The minimum Gasteiger partial charge on any atom is -0.480 e. The number of methoxy groups -OCH3 is 4. The highest BCUT2D eigenvalue weighted by Gasteiger charge is 2.30. The number of nitrogens with one attached hydrogen (secondary N) is 2. The molecule has 3 atom stereocenters. The number of benzene rings is 6. The van der Waals surface area contributed by atoms with Crippen molar-refractivity contribution in [3.63, 3.8) is 0 Å². The maximum atomic E-state index is 13.5. The number of carboxylic acid groups (broad SMARTS) is 2. The van der Waals surface area contributed by atoms with Crippen LogP contribution in [0.3, 0.4) is 0 Å². The molecule has 34 heteroatoms. The summed E-state index contributed by atoms with van der Waals surface area (Å²) in [6.07, 6.45) is 12.9. The molecule has 1 unspecified atom stereocenters. The van der Waals surface area contributed by atoms with E-state index in [9.17, 15) is 80.1 Å². The van der Waals surface area contributed by atoms with Crippen LogP contribution >= 0.6 is 39.9 Å². The molecule has 1 amide bonds. The van der Waals surface area contributed by atoms with Gasteiger partial charge in [-0.15, -0.1) is 12.4 Å². The number of nitrogens with zero attached hydrogens (tertiary/aromatic N) is 3. The zero-order valence-electron chi connectivity index (χ0n) is 70.2. The van der Waals surface area contributed by atoms with E-state index in [0.29, 0.717) is 89.2 Å². The van der Waals surface area contributed by atoms with Gasteiger partial charge in [0.15, 0.2) is 28.9 Å². The molecule has 4 N–H and O–H groups in total. The van der Waals surface area contributed by atoms with Gasteiger partial charge in [-0.25, -0.2) is 28.0 Å². The summed E-state index contributed by atoms with van der Waals surface area (Å²) in [6, 6.07) is 29.3. The van der Waals surface area contributed by atoms with Crippen LogP contribution in [0.15, 0.2) is 140 Å². The molecule has 0 bridgehead atoms. The van der Waals surface area contributed by atoms with Gasteiger partial charge in [-0.3, -0.25) is 52.2 Å². The maximum absolute atomic E-state index is 13.5. The summed E-state index contributed by atoms with van der Waals surface area (Å²) in [5.74, 6) is -5.96. The molecule has 1 aliphatic heterocycles. The largest absolute Gasteiger partial charge is 0.480 e. The van der Waals surface area contributed by atoms with Crippen molar-refractivity contribution < 1.29 is 119 Å². The molecule has 6 aromatic carbocycles. The third kappa shape index (κ3) is 29.7. The smallest absolute Gasteiger partial charge is 0.337 e. The molecule has 28 nitrogen and oxygen atoms in total. The third-order valence-electron chi connectivity index (χ3n) is 17.9. The van der Waals surface area contributed by atoms with Gasteiger partial charge in [-0.05, 0) is 165 Å². The Hall–Kier alpha value is -12.0. The quantitative estimate of drug-likeness (QED) is 0.0225. The van der Waals surface area contributed by atoms with E-state index < -0.39 is 64.3 Å². The predicted octanol–water partition coefficient (Wildman–Crippen LogP) is 14.2. The molecule has 3 aromatic heterocycles. The van der Waals surface area contributed by atoms with Gasteiger partial charge in [0.05, 0.1) is 84.1 Å². The molecule has 123 heavy (non-hydrogen) atoms. The summed E-state index contributed by atoms with van der Waals surface area (Å²) < 4.78 is 70.9. The van der Waals surface area contributed by atoms with Gasteiger partial charge < -0.3 is 63.0 Å². The number of ether oxygens (including phenoxy) is 6.